The molecule has 626 valence electrons. The van der Waals surface area contributed by atoms with E-state index in [1.165, 1.54) is 11.1 Å². The van der Waals surface area contributed by atoms with Crippen LogP contribution in [0.3, 0.4) is 0 Å². The molecule has 0 amide bonds. The summed E-state index contributed by atoms with van der Waals surface area (Å²) in [7, 11) is 0. The minimum Gasteiger partial charge on any atom is -0.251 e. The van der Waals surface area contributed by atoms with Crippen LogP contribution in [-0.2, 0) is 0 Å². The zero-order valence-electron chi connectivity index (χ0n) is 73.7. The number of hydrogen-bond donors (Lipinski definition) is 0. The molecule has 0 aliphatic heterocycles. The zero-order chi connectivity index (χ0) is 89.0. The third-order valence-electron chi connectivity index (χ3n) is 24.5. The number of rotatable bonds is 15. The summed E-state index contributed by atoms with van der Waals surface area (Å²) in [6.07, 6.45) is 0. The SMILES string of the molecule is Cc1cc(-c2cccc(-c3cc(-c4ccccc4)cc(-c4ccccc4)n3)c2)c2ccc3ccc(-c4ccccc4)nc3c2n1.Cc1cc(-c2cccc(-c3cc(-c4ccccc4)cc(-c4ccccc4)n3)c2)c2ccc3ccc(C(C)C)nc3c2n1.Cc1ccc2ccc3c(-c4cccc(-c5cc(-c6ccccc6)cc(-c6ccccc6)n5)c4)cc(-c4ccccc4)nc3c2n1. The molecular weight excluding hydrogens is 1600 g/mol. The van der Waals surface area contributed by atoms with Gasteiger partial charge < -0.3 is 0 Å². The van der Waals surface area contributed by atoms with Crippen molar-refractivity contribution in [1.82, 2.24) is 44.9 Å². The highest BCUT2D eigenvalue weighted by Gasteiger charge is 2.21. The molecule has 0 saturated heterocycles. The molecule has 23 aromatic rings. The van der Waals surface area contributed by atoms with Gasteiger partial charge in [-0.1, -0.05) is 366 Å². The van der Waals surface area contributed by atoms with Crippen LogP contribution in [0.2, 0.25) is 0 Å². The summed E-state index contributed by atoms with van der Waals surface area (Å²) in [5, 5.41) is 6.54. The highest BCUT2D eigenvalue weighted by molar-refractivity contribution is 6.12. The fourth-order valence-corrected chi connectivity index (χ4v) is 17.8. The van der Waals surface area contributed by atoms with Crippen LogP contribution in [0.15, 0.2) is 443 Å². The molecule has 9 heterocycles. The summed E-state index contributed by atoms with van der Waals surface area (Å²) < 4.78 is 0. The third kappa shape index (κ3) is 17.2. The fourth-order valence-electron chi connectivity index (χ4n) is 17.8. The zero-order valence-corrected chi connectivity index (χ0v) is 73.7. The molecule has 0 bridgehead atoms. The number of aromatic nitrogens is 9. The van der Waals surface area contributed by atoms with Crippen molar-refractivity contribution in [1.29, 1.82) is 0 Å². The van der Waals surface area contributed by atoms with E-state index in [1.54, 1.807) is 0 Å². The Labute approximate surface area is 768 Å². The van der Waals surface area contributed by atoms with Gasteiger partial charge in [0, 0.05) is 99.6 Å². The molecule has 0 atom stereocenters. The van der Waals surface area contributed by atoms with Crippen molar-refractivity contribution in [2.24, 2.45) is 0 Å². The quantitative estimate of drug-likeness (QED) is 0.0925. The van der Waals surface area contributed by atoms with Gasteiger partial charge in [0.2, 0.25) is 0 Å². The lowest BCUT2D eigenvalue weighted by molar-refractivity contribution is 0.830. The van der Waals surface area contributed by atoms with E-state index in [1.807, 2.05) is 49.4 Å². The molecule has 132 heavy (non-hydrogen) atoms. The minimum atomic E-state index is 0.352. The Bertz CT molecular complexity index is 8050. The molecule has 0 fully saturated rings. The van der Waals surface area contributed by atoms with Gasteiger partial charge >= 0.3 is 0 Å². The Morgan fingerprint density at radius 1 is 0.152 bits per heavy atom. The van der Waals surface area contributed by atoms with Crippen molar-refractivity contribution >= 4 is 65.4 Å². The molecule has 0 saturated carbocycles. The second-order valence-electron chi connectivity index (χ2n) is 33.9. The number of benzene rings is 14. The molecule has 0 aliphatic rings. The highest BCUT2D eigenvalue weighted by atomic mass is 14.8. The van der Waals surface area contributed by atoms with Crippen molar-refractivity contribution in [3.63, 3.8) is 0 Å². The van der Waals surface area contributed by atoms with Gasteiger partial charge in [0.05, 0.1) is 78.7 Å². The van der Waals surface area contributed by atoms with Crippen molar-refractivity contribution in [2.75, 3.05) is 0 Å². The van der Waals surface area contributed by atoms with E-state index >= 15 is 0 Å². The van der Waals surface area contributed by atoms with Gasteiger partial charge in [-0.2, -0.15) is 0 Å². The van der Waals surface area contributed by atoms with E-state index in [0.29, 0.717) is 5.92 Å². The van der Waals surface area contributed by atoms with Crippen LogP contribution in [0, 0.1) is 20.8 Å². The second kappa shape index (κ2) is 36.4. The highest BCUT2D eigenvalue weighted by Crippen LogP contribution is 2.43. The van der Waals surface area contributed by atoms with Crippen molar-refractivity contribution in [2.45, 2.75) is 40.5 Å². The van der Waals surface area contributed by atoms with Gasteiger partial charge in [-0.25, -0.2) is 24.9 Å². The summed E-state index contributed by atoms with van der Waals surface area (Å²) in [4.78, 5) is 45.8. The number of pyridine rings is 9. The van der Waals surface area contributed by atoms with Gasteiger partial charge in [0.1, 0.15) is 0 Å². The smallest absolute Gasteiger partial charge is 0.0978 e. The van der Waals surface area contributed by atoms with Crippen LogP contribution >= 0.6 is 0 Å². The van der Waals surface area contributed by atoms with Crippen LogP contribution in [0.5, 0.6) is 0 Å². The standard InChI is InChI=1S/2C42H29N3.C39H31N3/c1-28-24-37(36-22-20-32-21-23-38(30-14-7-3-8-15-30)45-41(32)42(36)43-28)33-18-11-19-34(25-33)40-27-35(29-12-5-2-6-13-29)26-39(44-40)31-16-9-4-10-17-31;1-28-20-21-32-22-23-36-37(27-40(31-16-9-4-10-17-31)45-42(36)41(32)43-28)33-18-11-19-34(24-33)39-26-35(29-12-5-2-6-13-29)25-38(44-39)30-14-7-3-8-15-30;1-25(2)35-20-18-29-17-19-33-34(21-26(3)40-39(33)38(29)42-35)30-15-10-16-31(22-30)37-24-32(27-11-6-4-7-12-27)23-36(41-37)28-13-8-5-9-14-28/h2*2-27H,1H3;4-25H,1-3H3. The van der Waals surface area contributed by atoms with E-state index in [9.17, 15) is 0 Å². The largest absolute Gasteiger partial charge is 0.251 e. The van der Waals surface area contributed by atoms with Crippen molar-refractivity contribution in [3.05, 3.63) is 466 Å². The van der Waals surface area contributed by atoms with Gasteiger partial charge in [-0.15, -0.1) is 0 Å². The molecule has 23 rings (SSSR count). The topological polar surface area (TPSA) is 116 Å². The first kappa shape index (κ1) is 82.0. The first-order valence-electron chi connectivity index (χ1n) is 44.9. The molecule has 9 nitrogen and oxygen atoms in total. The van der Waals surface area contributed by atoms with E-state index < -0.39 is 0 Å². The van der Waals surface area contributed by atoms with Crippen LogP contribution in [0.4, 0.5) is 0 Å². The Kier molecular flexibility index (Phi) is 22.6. The normalized spacial score (nSPS) is 11.3. The van der Waals surface area contributed by atoms with E-state index in [0.717, 1.165) is 234 Å². The monoisotopic (exact) mass is 1690 g/mol. The average molecular weight is 1690 g/mol. The van der Waals surface area contributed by atoms with E-state index in [-0.39, 0.29) is 0 Å². The Morgan fingerprint density at radius 3 is 0.758 bits per heavy atom. The molecule has 9 heteroatoms. The van der Waals surface area contributed by atoms with Crippen LogP contribution < -0.4 is 0 Å². The first-order valence-corrected chi connectivity index (χ1v) is 44.9. The molecule has 14 aromatic carbocycles. The minimum absolute atomic E-state index is 0.352. The molecule has 0 aliphatic carbocycles. The summed E-state index contributed by atoms with van der Waals surface area (Å²) in [5.74, 6) is 0.352. The Morgan fingerprint density at radius 2 is 0.402 bits per heavy atom. The summed E-state index contributed by atoms with van der Waals surface area (Å²) in [6, 6.07) is 155. The Balaban J connectivity index is 0.000000119. The van der Waals surface area contributed by atoms with Crippen LogP contribution in [0.25, 0.3) is 222 Å². The predicted molar refractivity (Wildman–Crippen MR) is 549 cm³/mol. The van der Waals surface area contributed by atoms with E-state index in [4.69, 9.17) is 44.9 Å². The predicted octanol–water partition coefficient (Wildman–Crippen LogP) is 31.9. The fraction of sp³-hybridized carbons (Fsp3) is 0.0488. The first-order chi connectivity index (χ1) is 64.9. The lowest BCUT2D eigenvalue weighted by Gasteiger charge is -2.14. The maximum Gasteiger partial charge on any atom is 0.0978 e. The molecule has 9 aromatic heterocycles. The van der Waals surface area contributed by atoms with Crippen molar-refractivity contribution in [3.8, 4) is 157 Å². The van der Waals surface area contributed by atoms with Gasteiger partial charge in [0.25, 0.3) is 0 Å². The maximum atomic E-state index is 5.20. The van der Waals surface area contributed by atoms with Gasteiger partial charge in [-0.3, -0.25) is 19.9 Å². The number of fused-ring (bicyclic) bond motifs is 9. The molecular formula is C123H89N9. The number of nitrogens with zero attached hydrogens (tertiary/aromatic N) is 9. The number of aryl methyl sites for hydroxylation is 3. The van der Waals surface area contributed by atoms with Gasteiger partial charge in [-0.05, 0) is 184 Å². The molecule has 0 spiro atoms. The third-order valence-corrected chi connectivity index (χ3v) is 24.5. The maximum absolute atomic E-state index is 5.20. The summed E-state index contributed by atoms with van der Waals surface area (Å²) >= 11 is 0. The molecule has 0 unspecified atom stereocenters. The van der Waals surface area contributed by atoms with Gasteiger partial charge in [0.15, 0.2) is 0 Å². The van der Waals surface area contributed by atoms with Crippen LogP contribution in [0.1, 0.15) is 42.5 Å². The molecule has 0 radical (unpaired) electrons. The summed E-state index contributed by atoms with van der Waals surface area (Å²) in [6.45, 7) is 10.5. The number of hydrogen-bond acceptors (Lipinski definition) is 9. The lowest BCUT2D eigenvalue weighted by Crippen LogP contribution is -1.96. The van der Waals surface area contributed by atoms with Crippen LogP contribution in [-0.4, -0.2) is 44.9 Å². The second-order valence-corrected chi connectivity index (χ2v) is 33.9. The summed E-state index contributed by atoms with van der Waals surface area (Å²) in [5.41, 5.74) is 39.5. The average Bonchev–Trinajstić information content (AvgIpc) is 0.756. The van der Waals surface area contributed by atoms with E-state index in [2.05, 4.69) is 428 Å². The Hall–Kier alpha value is -17.0. The molecule has 0 N–H and O–H groups in total. The van der Waals surface area contributed by atoms with Crippen molar-refractivity contribution < 1.29 is 0 Å². The lowest BCUT2D eigenvalue weighted by atomic mass is 9.94.